The van der Waals surface area contributed by atoms with Crippen LogP contribution < -0.4 is 5.32 Å². The number of amides is 1. The van der Waals surface area contributed by atoms with Crippen LogP contribution in [0.25, 0.3) is 0 Å². The summed E-state index contributed by atoms with van der Waals surface area (Å²) in [6, 6.07) is 0.180. The van der Waals surface area contributed by atoms with Gasteiger partial charge in [0.25, 0.3) is 0 Å². The van der Waals surface area contributed by atoms with Crippen molar-refractivity contribution in [2.45, 2.75) is 53.5 Å². The van der Waals surface area contributed by atoms with Crippen molar-refractivity contribution < 1.29 is 19.0 Å². The number of nitrogens with one attached hydrogen (secondary N) is 1. The lowest BCUT2D eigenvalue weighted by Gasteiger charge is -2.17. The SMILES string of the molecule is CC(C)NC(=O)CCOCCOCCOCCC(C)(C)C. The zero-order chi connectivity index (χ0) is 16.1. The molecule has 5 heteroatoms. The second-order valence-electron chi connectivity index (χ2n) is 6.62. The summed E-state index contributed by atoms with van der Waals surface area (Å²) in [4.78, 5) is 11.3. The van der Waals surface area contributed by atoms with Crippen LogP contribution in [0.1, 0.15) is 47.5 Å². The molecule has 0 spiro atoms. The number of hydrogen-bond acceptors (Lipinski definition) is 4. The van der Waals surface area contributed by atoms with E-state index in [0.29, 0.717) is 44.9 Å². The summed E-state index contributed by atoms with van der Waals surface area (Å²) in [5.41, 5.74) is 0.316. The van der Waals surface area contributed by atoms with E-state index in [2.05, 4.69) is 26.1 Å². The number of ether oxygens (including phenoxy) is 3. The molecular formula is C16H33NO4. The first-order valence-corrected chi connectivity index (χ1v) is 7.84. The van der Waals surface area contributed by atoms with Gasteiger partial charge in [0.2, 0.25) is 5.91 Å². The molecule has 0 aromatic heterocycles. The maximum Gasteiger partial charge on any atom is 0.222 e. The molecule has 126 valence electrons. The largest absolute Gasteiger partial charge is 0.379 e. The summed E-state index contributed by atoms with van der Waals surface area (Å²) in [7, 11) is 0. The third-order valence-corrected chi connectivity index (χ3v) is 2.66. The van der Waals surface area contributed by atoms with Gasteiger partial charge >= 0.3 is 0 Å². The highest BCUT2D eigenvalue weighted by molar-refractivity contribution is 5.76. The Hall–Kier alpha value is -0.650. The average Bonchev–Trinajstić information content (AvgIpc) is 2.33. The fraction of sp³-hybridized carbons (Fsp3) is 0.938. The lowest BCUT2D eigenvalue weighted by atomic mass is 9.93. The van der Waals surface area contributed by atoms with Gasteiger partial charge in [-0.3, -0.25) is 4.79 Å². The van der Waals surface area contributed by atoms with Crippen LogP contribution in [0, 0.1) is 5.41 Å². The van der Waals surface area contributed by atoms with E-state index in [0.717, 1.165) is 13.0 Å². The smallest absolute Gasteiger partial charge is 0.222 e. The number of carbonyl (C=O) groups is 1. The molecule has 0 bridgehead atoms. The van der Waals surface area contributed by atoms with Crippen LogP contribution in [0.3, 0.4) is 0 Å². The molecule has 0 aromatic carbocycles. The van der Waals surface area contributed by atoms with Crippen molar-refractivity contribution >= 4 is 5.91 Å². The van der Waals surface area contributed by atoms with Crippen LogP contribution in [-0.4, -0.2) is 51.6 Å². The van der Waals surface area contributed by atoms with E-state index in [1.165, 1.54) is 0 Å². The Labute approximate surface area is 129 Å². The Morgan fingerprint density at radius 1 is 0.905 bits per heavy atom. The number of carbonyl (C=O) groups excluding carboxylic acids is 1. The Bertz CT molecular complexity index is 261. The molecule has 0 aliphatic carbocycles. The number of hydrogen-bond donors (Lipinski definition) is 1. The molecule has 0 atom stereocenters. The summed E-state index contributed by atoms with van der Waals surface area (Å²) < 4.78 is 16.2. The summed E-state index contributed by atoms with van der Waals surface area (Å²) in [6.45, 7) is 13.9. The van der Waals surface area contributed by atoms with Crippen LogP contribution in [-0.2, 0) is 19.0 Å². The minimum Gasteiger partial charge on any atom is -0.379 e. The van der Waals surface area contributed by atoms with E-state index in [1.54, 1.807) is 0 Å². The first kappa shape index (κ1) is 20.3. The monoisotopic (exact) mass is 303 g/mol. The maximum atomic E-state index is 11.3. The third-order valence-electron chi connectivity index (χ3n) is 2.66. The molecule has 0 rings (SSSR count). The summed E-state index contributed by atoms with van der Waals surface area (Å²) in [5, 5.41) is 2.82. The second-order valence-corrected chi connectivity index (χ2v) is 6.62. The Morgan fingerprint density at radius 3 is 1.86 bits per heavy atom. The van der Waals surface area contributed by atoms with E-state index >= 15 is 0 Å². The van der Waals surface area contributed by atoms with E-state index < -0.39 is 0 Å². The zero-order valence-corrected chi connectivity index (χ0v) is 14.4. The predicted octanol–water partition coefficient (Wildman–Crippen LogP) is 2.39. The van der Waals surface area contributed by atoms with Crippen molar-refractivity contribution in [3.05, 3.63) is 0 Å². The normalized spacial score (nSPS) is 11.9. The van der Waals surface area contributed by atoms with Gasteiger partial charge in [-0.25, -0.2) is 0 Å². The maximum absolute atomic E-state index is 11.3. The molecule has 0 radical (unpaired) electrons. The van der Waals surface area contributed by atoms with Gasteiger partial charge in [0.15, 0.2) is 0 Å². The Morgan fingerprint density at radius 2 is 1.38 bits per heavy atom. The Balaban J connectivity index is 3.18. The Kier molecular flexibility index (Phi) is 11.6. The fourth-order valence-corrected chi connectivity index (χ4v) is 1.48. The summed E-state index contributed by atoms with van der Waals surface area (Å²) >= 11 is 0. The van der Waals surface area contributed by atoms with Gasteiger partial charge in [-0.2, -0.15) is 0 Å². The minimum atomic E-state index is 0.0261. The van der Waals surface area contributed by atoms with Gasteiger partial charge in [0.05, 0.1) is 33.0 Å². The molecule has 0 aliphatic heterocycles. The van der Waals surface area contributed by atoms with Crippen LogP contribution in [0.15, 0.2) is 0 Å². The first-order chi connectivity index (χ1) is 9.81. The quantitative estimate of drug-likeness (QED) is 0.562. The molecule has 1 amide bonds. The zero-order valence-electron chi connectivity index (χ0n) is 14.4. The van der Waals surface area contributed by atoms with Crippen LogP contribution in [0.2, 0.25) is 0 Å². The van der Waals surface area contributed by atoms with Crippen molar-refractivity contribution in [3.8, 4) is 0 Å². The van der Waals surface area contributed by atoms with Crippen molar-refractivity contribution in [3.63, 3.8) is 0 Å². The van der Waals surface area contributed by atoms with Crippen LogP contribution in [0.5, 0.6) is 0 Å². The second kappa shape index (κ2) is 12.0. The number of rotatable bonds is 12. The molecule has 5 nitrogen and oxygen atoms in total. The van der Waals surface area contributed by atoms with E-state index in [4.69, 9.17) is 14.2 Å². The van der Waals surface area contributed by atoms with Gasteiger partial charge in [0, 0.05) is 19.1 Å². The average molecular weight is 303 g/mol. The molecule has 0 heterocycles. The van der Waals surface area contributed by atoms with Gasteiger partial charge in [-0.05, 0) is 25.7 Å². The molecule has 21 heavy (non-hydrogen) atoms. The van der Waals surface area contributed by atoms with Crippen molar-refractivity contribution in [1.82, 2.24) is 5.32 Å². The lowest BCUT2D eigenvalue weighted by Crippen LogP contribution is -2.30. The molecule has 0 aromatic rings. The van der Waals surface area contributed by atoms with Crippen molar-refractivity contribution in [1.29, 1.82) is 0 Å². The molecule has 0 saturated heterocycles. The fourth-order valence-electron chi connectivity index (χ4n) is 1.48. The molecule has 0 saturated carbocycles. The highest BCUT2D eigenvalue weighted by Crippen LogP contribution is 2.17. The molecule has 0 unspecified atom stereocenters. The van der Waals surface area contributed by atoms with Gasteiger partial charge < -0.3 is 19.5 Å². The third kappa shape index (κ3) is 17.3. The van der Waals surface area contributed by atoms with Gasteiger partial charge in [0.1, 0.15) is 0 Å². The molecule has 0 fully saturated rings. The van der Waals surface area contributed by atoms with Crippen LogP contribution >= 0.6 is 0 Å². The highest BCUT2D eigenvalue weighted by atomic mass is 16.5. The highest BCUT2D eigenvalue weighted by Gasteiger charge is 2.08. The first-order valence-electron chi connectivity index (χ1n) is 7.84. The standard InChI is InChI=1S/C16H33NO4/c1-14(2)17-15(18)6-8-19-10-12-21-13-11-20-9-7-16(3,4)5/h14H,6-13H2,1-5H3,(H,17,18). The minimum absolute atomic E-state index is 0.0261. The van der Waals surface area contributed by atoms with Gasteiger partial charge in [-0.15, -0.1) is 0 Å². The van der Waals surface area contributed by atoms with Gasteiger partial charge in [-0.1, -0.05) is 20.8 Å². The topological polar surface area (TPSA) is 56.8 Å². The summed E-state index contributed by atoms with van der Waals surface area (Å²) in [6.07, 6.45) is 1.45. The van der Waals surface area contributed by atoms with Crippen molar-refractivity contribution in [2.24, 2.45) is 5.41 Å². The van der Waals surface area contributed by atoms with Crippen LogP contribution in [0.4, 0.5) is 0 Å². The summed E-state index contributed by atoms with van der Waals surface area (Å²) in [5.74, 6) is 0.0261. The van der Waals surface area contributed by atoms with Crippen molar-refractivity contribution in [2.75, 3.05) is 39.6 Å². The molecule has 0 aliphatic rings. The lowest BCUT2D eigenvalue weighted by molar-refractivity contribution is -0.122. The molecular weight excluding hydrogens is 270 g/mol. The van der Waals surface area contributed by atoms with E-state index in [9.17, 15) is 4.79 Å². The van der Waals surface area contributed by atoms with E-state index in [-0.39, 0.29) is 11.9 Å². The molecule has 1 N–H and O–H groups in total. The predicted molar refractivity (Wildman–Crippen MR) is 84.4 cm³/mol. The van der Waals surface area contributed by atoms with E-state index in [1.807, 2.05) is 13.8 Å².